The Morgan fingerprint density at radius 1 is 1.14 bits per heavy atom. The van der Waals surface area contributed by atoms with Crippen molar-refractivity contribution >= 4 is 62.5 Å². The van der Waals surface area contributed by atoms with Gasteiger partial charge in [-0.3, -0.25) is 14.4 Å². The van der Waals surface area contributed by atoms with Crippen LogP contribution in [0.3, 0.4) is 0 Å². The number of hydrogen-bond acceptors (Lipinski definition) is 4. The molecule has 2 fully saturated rings. The number of piperidine rings is 2. The van der Waals surface area contributed by atoms with Gasteiger partial charge >= 0.3 is 0 Å². The number of likely N-dealkylation sites (tertiary alicyclic amines) is 1. The fourth-order valence-electron chi connectivity index (χ4n) is 7.01. The number of carbonyl (C=O) groups is 3. The summed E-state index contributed by atoms with van der Waals surface area (Å²) >= 11 is 16.1. The number of carbonyl (C=O) groups excluding carboxylic acids is 3. The number of ether oxygens (including phenoxy) is 1. The average molecular weight is 677 g/mol. The number of halogens is 4. The molecule has 220 valence electrons. The zero-order chi connectivity index (χ0) is 29.8. The third kappa shape index (κ3) is 4.93. The summed E-state index contributed by atoms with van der Waals surface area (Å²) in [5.41, 5.74) is -0.147. The summed E-state index contributed by atoms with van der Waals surface area (Å²) in [7, 11) is 0. The molecule has 6 rings (SSSR count). The van der Waals surface area contributed by atoms with E-state index in [1.165, 1.54) is 6.92 Å². The van der Waals surface area contributed by atoms with Crippen LogP contribution < -0.4 is 15.4 Å². The summed E-state index contributed by atoms with van der Waals surface area (Å²) in [6, 6.07) is 7.28. The Kier molecular flexibility index (Phi) is 7.87. The monoisotopic (exact) mass is 675 g/mol. The summed E-state index contributed by atoms with van der Waals surface area (Å²) < 4.78 is 23.0. The number of amides is 3. The first kappa shape index (κ1) is 29.2. The highest BCUT2D eigenvalue weighted by Crippen LogP contribution is 2.59. The van der Waals surface area contributed by atoms with Crippen molar-refractivity contribution in [3.8, 4) is 5.75 Å². The third-order valence-corrected chi connectivity index (χ3v) is 10.1. The van der Waals surface area contributed by atoms with Crippen molar-refractivity contribution in [2.45, 2.75) is 50.2 Å². The summed E-state index contributed by atoms with van der Waals surface area (Å²) in [5.74, 6) is -1.85. The first-order valence-electron chi connectivity index (χ1n) is 13.9. The Balaban J connectivity index is 1.50. The lowest BCUT2D eigenvalue weighted by atomic mass is 9.57. The van der Waals surface area contributed by atoms with E-state index < -0.39 is 23.2 Å². The molecule has 3 aliphatic heterocycles. The van der Waals surface area contributed by atoms with Gasteiger partial charge in [-0.05, 0) is 70.1 Å². The van der Waals surface area contributed by atoms with Gasteiger partial charge in [-0.2, -0.15) is 0 Å². The highest BCUT2D eigenvalue weighted by molar-refractivity contribution is 9.10. The SMILES string of the molecule is CC(=O)N1CCC(Oc2ccc(Br)c(F)c2[C@H]2NC(=O)CC([C@@H]3C=CC=C(Cl)C3)[C@]23C(=O)Nc2cc(Cl)ccc23)CC1. The van der Waals surface area contributed by atoms with Gasteiger partial charge in [0.25, 0.3) is 0 Å². The van der Waals surface area contributed by atoms with E-state index in [0.717, 1.165) is 0 Å². The van der Waals surface area contributed by atoms with Gasteiger partial charge in [-0.15, -0.1) is 0 Å². The van der Waals surface area contributed by atoms with Gasteiger partial charge in [0.1, 0.15) is 23.1 Å². The van der Waals surface area contributed by atoms with Crippen LogP contribution in [0.1, 0.15) is 49.8 Å². The number of rotatable bonds is 4. The second kappa shape index (κ2) is 11.3. The van der Waals surface area contributed by atoms with Gasteiger partial charge in [0.05, 0.1) is 16.1 Å². The molecule has 3 heterocycles. The van der Waals surface area contributed by atoms with Crippen molar-refractivity contribution in [2.75, 3.05) is 18.4 Å². The van der Waals surface area contributed by atoms with Gasteiger partial charge in [-0.1, -0.05) is 41.4 Å². The fraction of sp³-hybridized carbons (Fsp3) is 0.387. The van der Waals surface area contributed by atoms with Crippen LogP contribution in [0.2, 0.25) is 5.02 Å². The summed E-state index contributed by atoms with van der Waals surface area (Å²) in [5, 5.41) is 7.04. The molecule has 7 nitrogen and oxygen atoms in total. The van der Waals surface area contributed by atoms with E-state index in [2.05, 4.69) is 26.6 Å². The quantitative estimate of drug-likeness (QED) is 0.393. The van der Waals surface area contributed by atoms with E-state index in [1.807, 2.05) is 12.2 Å². The Hall–Kier alpha value is -2.88. The second-order valence-corrected chi connectivity index (χ2v) is 13.1. The normalized spacial score (nSPS) is 27.4. The minimum absolute atomic E-state index is 0.000507. The summed E-state index contributed by atoms with van der Waals surface area (Å²) in [4.78, 5) is 41.4. The molecule has 0 saturated carbocycles. The van der Waals surface area contributed by atoms with Crippen LogP contribution in [-0.4, -0.2) is 41.8 Å². The molecule has 4 atom stereocenters. The molecule has 0 radical (unpaired) electrons. The van der Waals surface area contributed by atoms with Crippen molar-refractivity contribution < 1.29 is 23.5 Å². The molecule has 2 saturated heterocycles. The summed E-state index contributed by atoms with van der Waals surface area (Å²) in [6.07, 6.45) is 6.95. The van der Waals surface area contributed by atoms with E-state index in [1.54, 1.807) is 41.3 Å². The van der Waals surface area contributed by atoms with Crippen LogP contribution in [0.15, 0.2) is 58.1 Å². The van der Waals surface area contributed by atoms with Crippen LogP contribution in [0, 0.1) is 17.7 Å². The van der Waals surface area contributed by atoms with Crippen molar-refractivity contribution in [1.82, 2.24) is 10.2 Å². The van der Waals surface area contributed by atoms with Gasteiger partial charge in [0, 0.05) is 55.0 Å². The van der Waals surface area contributed by atoms with Gasteiger partial charge < -0.3 is 20.3 Å². The predicted molar refractivity (Wildman–Crippen MR) is 162 cm³/mol. The highest BCUT2D eigenvalue weighted by Gasteiger charge is 2.63. The van der Waals surface area contributed by atoms with Crippen molar-refractivity contribution in [1.29, 1.82) is 0 Å². The Labute approximate surface area is 261 Å². The van der Waals surface area contributed by atoms with Crippen molar-refractivity contribution in [2.24, 2.45) is 11.8 Å². The van der Waals surface area contributed by atoms with Gasteiger partial charge in [-0.25, -0.2) is 4.39 Å². The molecule has 1 aliphatic carbocycles. The minimum Gasteiger partial charge on any atom is -0.490 e. The molecule has 2 N–H and O–H groups in total. The molecular weight excluding hydrogens is 648 g/mol. The molecular formula is C31H29BrCl2FN3O4. The maximum atomic E-state index is 16.4. The molecule has 2 aromatic rings. The molecule has 0 bridgehead atoms. The number of hydrogen-bond donors (Lipinski definition) is 2. The molecule has 11 heteroatoms. The first-order valence-corrected chi connectivity index (χ1v) is 15.5. The predicted octanol–water partition coefficient (Wildman–Crippen LogP) is 6.40. The lowest BCUT2D eigenvalue weighted by molar-refractivity contribution is -0.135. The van der Waals surface area contributed by atoms with Crippen LogP contribution in [0.25, 0.3) is 0 Å². The summed E-state index contributed by atoms with van der Waals surface area (Å²) in [6.45, 7) is 2.59. The Morgan fingerprint density at radius 3 is 2.62 bits per heavy atom. The number of anilines is 1. The zero-order valence-corrected chi connectivity index (χ0v) is 25.9. The smallest absolute Gasteiger partial charge is 0.237 e. The molecule has 1 spiro atoms. The van der Waals surface area contributed by atoms with E-state index in [4.69, 9.17) is 27.9 Å². The first-order chi connectivity index (χ1) is 20.1. The second-order valence-electron chi connectivity index (χ2n) is 11.3. The lowest BCUT2D eigenvalue weighted by Crippen LogP contribution is -2.59. The number of nitrogens with one attached hydrogen (secondary N) is 2. The lowest BCUT2D eigenvalue weighted by Gasteiger charge is -2.49. The Morgan fingerprint density at radius 2 is 1.90 bits per heavy atom. The molecule has 42 heavy (non-hydrogen) atoms. The number of nitrogens with zero attached hydrogens (tertiary/aromatic N) is 1. The van der Waals surface area contributed by atoms with Gasteiger partial charge in [0.2, 0.25) is 17.7 Å². The van der Waals surface area contributed by atoms with Crippen molar-refractivity contribution in [3.63, 3.8) is 0 Å². The average Bonchev–Trinajstić information content (AvgIpc) is 3.23. The molecule has 3 amide bonds. The van der Waals surface area contributed by atoms with Crippen LogP contribution in [0.4, 0.5) is 10.1 Å². The maximum absolute atomic E-state index is 16.4. The molecule has 2 aromatic carbocycles. The van der Waals surface area contributed by atoms with Crippen LogP contribution in [0.5, 0.6) is 5.75 Å². The highest BCUT2D eigenvalue weighted by atomic mass is 79.9. The fourth-order valence-corrected chi connectivity index (χ4v) is 7.78. The van der Waals surface area contributed by atoms with E-state index in [0.29, 0.717) is 53.7 Å². The van der Waals surface area contributed by atoms with Gasteiger partial charge in [0.15, 0.2) is 0 Å². The van der Waals surface area contributed by atoms with E-state index in [9.17, 15) is 14.4 Å². The van der Waals surface area contributed by atoms with E-state index >= 15 is 4.39 Å². The number of benzene rings is 2. The van der Waals surface area contributed by atoms with Crippen molar-refractivity contribution in [3.05, 3.63) is 80.0 Å². The molecule has 4 aliphatic rings. The molecule has 0 aromatic heterocycles. The minimum atomic E-state index is -1.39. The number of allylic oxidation sites excluding steroid dienone is 4. The maximum Gasteiger partial charge on any atom is 0.237 e. The molecule has 1 unspecified atom stereocenters. The van der Waals surface area contributed by atoms with Crippen LogP contribution in [-0.2, 0) is 19.8 Å². The van der Waals surface area contributed by atoms with E-state index in [-0.39, 0.29) is 51.9 Å². The Bertz CT molecular complexity index is 1540. The number of fused-ring (bicyclic) bond motifs is 2. The van der Waals surface area contributed by atoms with Crippen LogP contribution >= 0.6 is 39.1 Å². The third-order valence-electron chi connectivity index (χ3n) is 8.95. The standard InChI is InChI=1S/C31H29BrCl2FN3O4/c1-16(39)38-11-9-20(10-12-38)42-25-8-7-23(32)28(35)27(25)29-31(21-6-5-19(34)14-24(21)36-30(31)41)22(15-26(40)37-29)17-3-2-4-18(33)13-17/h2-8,14,17,20,22,29H,9-13,15H2,1H3,(H,36,41)(H,37,40)/t17-,22?,29-,31+/m1/s1. The largest absolute Gasteiger partial charge is 0.490 e. The topological polar surface area (TPSA) is 87.7 Å². The zero-order valence-electron chi connectivity index (χ0n) is 22.8.